The zero-order chi connectivity index (χ0) is 10.3. The van der Waals surface area contributed by atoms with E-state index in [9.17, 15) is 18.0 Å². The number of alkyl halides is 3. The third kappa shape index (κ3) is 7.05. The van der Waals surface area contributed by atoms with Gasteiger partial charge >= 0.3 is 6.18 Å². The molecule has 0 unspecified atom stereocenters. The van der Waals surface area contributed by atoms with Crippen LogP contribution in [0.25, 0.3) is 0 Å². The third-order valence-corrected chi connectivity index (χ3v) is 1.11. The van der Waals surface area contributed by atoms with Gasteiger partial charge in [-0.15, -0.1) is 0 Å². The number of hydrogen-bond donors (Lipinski definition) is 0. The molecule has 0 rings (SSSR count). The summed E-state index contributed by atoms with van der Waals surface area (Å²) in [5, 5.41) is 0. The van der Waals surface area contributed by atoms with Crippen molar-refractivity contribution < 1.29 is 18.0 Å². The molecular formula is C9H9F3O. The summed E-state index contributed by atoms with van der Waals surface area (Å²) in [6.07, 6.45) is -0.115. The number of halogens is 3. The van der Waals surface area contributed by atoms with E-state index < -0.39 is 12.6 Å². The Morgan fingerprint density at radius 2 is 2.00 bits per heavy atom. The van der Waals surface area contributed by atoms with E-state index in [1.165, 1.54) is 12.2 Å². The fourth-order valence-corrected chi connectivity index (χ4v) is 0.599. The minimum absolute atomic E-state index is 0.166. The summed E-state index contributed by atoms with van der Waals surface area (Å²) in [6.45, 7) is 3.31. The van der Waals surface area contributed by atoms with Gasteiger partial charge in [0.15, 0.2) is 0 Å². The number of carbonyl (C=O) groups is 1. The van der Waals surface area contributed by atoms with Crippen LogP contribution in [0.3, 0.4) is 0 Å². The highest BCUT2D eigenvalue weighted by Crippen LogP contribution is 2.19. The molecule has 0 saturated carbocycles. The van der Waals surface area contributed by atoms with Crippen LogP contribution >= 0.6 is 0 Å². The van der Waals surface area contributed by atoms with E-state index in [4.69, 9.17) is 0 Å². The van der Waals surface area contributed by atoms with Gasteiger partial charge in [0.2, 0.25) is 0 Å². The lowest BCUT2D eigenvalue weighted by atomic mass is 10.2. The standard InChI is InChI=1S/C9H9F3O/c1-2-4-8(7-13)5-3-6-9(10,11)12/h2-5,7H,1,6H2/b5-3-,8-4+. The molecule has 1 nitrogen and oxygen atoms in total. The first kappa shape index (κ1) is 11.7. The molecule has 0 fully saturated rings. The van der Waals surface area contributed by atoms with Crippen molar-refractivity contribution in [2.24, 2.45) is 0 Å². The Morgan fingerprint density at radius 3 is 2.38 bits per heavy atom. The van der Waals surface area contributed by atoms with Gasteiger partial charge in [-0.1, -0.05) is 30.9 Å². The molecule has 4 heteroatoms. The summed E-state index contributed by atoms with van der Waals surface area (Å²) >= 11 is 0. The Bertz CT molecular complexity index is 236. The van der Waals surface area contributed by atoms with Crippen LogP contribution < -0.4 is 0 Å². The smallest absolute Gasteiger partial charge is 0.298 e. The molecule has 72 valence electrons. The van der Waals surface area contributed by atoms with Gasteiger partial charge in [-0.25, -0.2) is 0 Å². The van der Waals surface area contributed by atoms with Crippen LogP contribution in [0, 0.1) is 0 Å². The topological polar surface area (TPSA) is 17.1 Å². The van der Waals surface area contributed by atoms with E-state index in [0.29, 0.717) is 6.29 Å². The van der Waals surface area contributed by atoms with Gasteiger partial charge in [0.25, 0.3) is 0 Å². The molecule has 0 N–H and O–H groups in total. The van der Waals surface area contributed by atoms with E-state index in [2.05, 4.69) is 6.58 Å². The van der Waals surface area contributed by atoms with E-state index >= 15 is 0 Å². The SMILES string of the molecule is C=C/C=C(C=O)\C=C/CC(F)(F)F. The van der Waals surface area contributed by atoms with Gasteiger partial charge in [0, 0.05) is 5.57 Å². The maximum atomic E-state index is 11.6. The lowest BCUT2D eigenvalue weighted by Gasteiger charge is -1.99. The zero-order valence-corrected chi connectivity index (χ0v) is 6.84. The summed E-state index contributed by atoms with van der Waals surface area (Å²) in [5.41, 5.74) is 0.166. The molecule has 13 heavy (non-hydrogen) atoms. The maximum absolute atomic E-state index is 11.6. The van der Waals surface area contributed by atoms with Crippen molar-refractivity contribution in [1.29, 1.82) is 0 Å². The molecule has 0 aliphatic heterocycles. The quantitative estimate of drug-likeness (QED) is 0.378. The maximum Gasteiger partial charge on any atom is 0.392 e. The van der Waals surface area contributed by atoms with Crippen molar-refractivity contribution >= 4 is 6.29 Å². The van der Waals surface area contributed by atoms with E-state index in [1.807, 2.05) is 0 Å². The molecule has 0 radical (unpaired) electrons. The fraction of sp³-hybridized carbons (Fsp3) is 0.222. The van der Waals surface area contributed by atoms with Crippen LogP contribution in [0.5, 0.6) is 0 Å². The average Bonchev–Trinajstić information content (AvgIpc) is 2.01. The van der Waals surface area contributed by atoms with Gasteiger partial charge in [0.1, 0.15) is 6.29 Å². The second-order valence-electron chi connectivity index (χ2n) is 2.24. The highest BCUT2D eigenvalue weighted by Gasteiger charge is 2.24. The first-order valence-corrected chi connectivity index (χ1v) is 3.51. The Morgan fingerprint density at radius 1 is 1.38 bits per heavy atom. The van der Waals surface area contributed by atoms with E-state index in [1.54, 1.807) is 0 Å². The molecule has 0 aliphatic carbocycles. The van der Waals surface area contributed by atoms with Crippen molar-refractivity contribution in [2.75, 3.05) is 0 Å². The molecule has 0 aromatic carbocycles. The van der Waals surface area contributed by atoms with Crippen molar-refractivity contribution in [3.63, 3.8) is 0 Å². The van der Waals surface area contributed by atoms with Gasteiger partial charge in [-0.2, -0.15) is 13.2 Å². The van der Waals surface area contributed by atoms with Gasteiger partial charge in [-0.05, 0) is 0 Å². The Labute approximate surface area is 74.2 Å². The van der Waals surface area contributed by atoms with Gasteiger partial charge in [-0.3, -0.25) is 4.79 Å². The summed E-state index contributed by atoms with van der Waals surface area (Å²) in [7, 11) is 0. The molecule has 0 saturated heterocycles. The summed E-state index contributed by atoms with van der Waals surface area (Å²) in [4.78, 5) is 10.2. The summed E-state index contributed by atoms with van der Waals surface area (Å²) in [6, 6.07) is 0. The Kier molecular flexibility index (Phi) is 4.80. The van der Waals surface area contributed by atoms with Crippen LogP contribution in [-0.4, -0.2) is 12.5 Å². The van der Waals surface area contributed by atoms with Crippen molar-refractivity contribution in [1.82, 2.24) is 0 Å². The average molecular weight is 190 g/mol. The number of carbonyl (C=O) groups excluding carboxylic acids is 1. The van der Waals surface area contributed by atoms with Crippen molar-refractivity contribution in [2.45, 2.75) is 12.6 Å². The van der Waals surface area contributed by atoms with Crippen LogP contribution in [0.1, 0.15) is 6.42 Å². The van der Waals surface area contributed by atoms with Crippen molar-refractivity contribution in [3.05, 3.63) is 36.5 Å². The second-order valence-corrected chi connectivity index (χ2v) is 2.24. The minimum atomic E-state index is -4.22. The number of aldehydes is 1. The number of rotatable bonds is 4. The van der Waals surface area contributed by atoms with Gasteiger partial charge < -0.3 is 0 Å². The van der Waals surface area contributed by atoms with Crippen LogP contribution in [0.2, 0.25) is 0 Å². The minimum Gasteiger partial charge on any atom is -0.298 e. The molecule has 0 aromatic heterocycles. The molecule has 0 bridgehead atoms. The van der Waals surface area contributed by atoms with Gasteiger partial charge in [0.05, 0.1) is 6.42 Å². The third-order valence-electron chi connectivity index (χ3n) is 1.11. The first-order valence-electron chi connectivity index (χ1n) is 3.51. The molecule has 0 heterocycles. The number of hydrogen-bond acceptors (Lipinski definition) is 1. The van der Waals surface area contributed by atoms with E-state index in [-0.39, 0.29) is 5.57 Å². The summed E-state index contributed by atoms with van der Waals surface area (Å²) in [5.74, 6) is 0. The molecule has 0 aromatic rings. The normalized spacial score (nSPS) is 13.3. The molecule has 0 spiro atoms. The Balaban J connectivity index is 4.17. The van der Waals surface area contributed by atoms with Crippen LogP contribution in [0.15, 0.2) is 36.5 Å². The fourth-order valence-electron chi connectivity index (χ4n) is 0.599. The first-order chi connectivity index (χ1) is 5.99. The number of allylic oxidation sites excluding steroid dienone is 5. The van der Waals surface area contributed by atoms with Crippen LogP contribution in [0.4, 0.5) is 13.2 Å². The Hall–Kier alpha value is -1.32. The molecule has 0 aliphatic rings. The molecule has 0 atom stereocenters. The summed E-state index contributed by atoms with van der Waals surface area (Å²) < 4.78 is 34.8. The monoisotopic (exact) mass is 190 g/mol. The molecular weight excluding hydrogens is 181 g/mol. The van der Waals surface area contributed by atoms with E-state index in [0.717, 1.165) is 12.2 Å². The predicted octanol–water partition coefficient (Wildman–Crippen LogP) is 2.81. The lowest BCUT2D eigenvalue weighted by Crippen LogP contribution is -2.04. The zero-order valence-electron chi connectivity index (χ0n) is 6.84. The molecule has 0 amide bonds. The highest BCUT2D eigenvalue weighted by atomic mass is 19.4. The predicted molar refractivity (Wildman–Crippen MR) is 44.2 cm³/mol. The second kappa shape index (κ2) is 5.35. The van der Waals surface area contributed by atoms with Crippen LogP contribution in [-0.2, 0) is 4.79 Å². The lowest BCUT2D eigenvalue weighted by molar-refractivity contribution is -0.125. The highest BCUT2D eigenvalue weighted by molar-refractivity contribution is 5.77. The van der Waals surface area contributed by atoms with Crippen molar-refractivity contribution in [3.8, 4) is 0 Å². The largest absolute Gasteiger partial charge is 0.392 e.